The molecule has 1 aromatic rings. The topological polar surface area (TPSA) is 89.0 Å². The van der Waals surface area contributed by atoms with Crippen LogP contribution >= 0.6 is 0 Å². The van der Waals surface area contributed by atoms with Gasteiger partial charge in [0.25, 0.3) is 0 Å². The number of amides is 2. The third-order valence-electron chi connectivity index (χ3n) is 2.84. The normalized spacial score (nSPS) is 10.7. The summed E-state index contributed by atoms with van der Waals surface area (Å²) < 4.78 is 11.0. The molecule has 0 aliphatic heterocycles. The monoisotopic (exact) mass is 335 g/mol. The van der Waals surface area contributed by atoms with Crippen LogP contribution in [0.4, 0.5) is 0 Å². The highest BCUT2D eigenvalue weighted by atomic mass is 16.5. The van der Waals surface area contributed by atoms with E-state index in [2.05, 4.69) is 15.8 Å². The molecule has 0 bridgehead atoms. The number of carbonyl (C=O) groups excluding carboxylic acids is 2. The van der Waals surface area contributed by atoms with Crippen LogP contribution in [-0.4, -0.2) is 37.8 Å². The van der Waals surface area contributed by atoms with E-state index in [1.807, 2.05) is 27.7 Å². The number of rotatable bonds is 8. The van der Waals surface area contributed by atoms with Crippen LogP contribution in [0.1, 0.15) is 33.3 Å². The van der Waals surface area contributed by atoms with E-state index in [1.54, 1.807) is 18.2 Å². The highest BCUT2D eigenvalue weighted by Gasteiger charge is 2.12. The van der Waals surface area contributed by atoms with Crippen LogP contribution in [-0.2, 0) is 9.59 Å². The average molecular weight is 335 g/mol. The molecule has 0 aliphatic rings. The first kappa shape index (κ1) is 19.5. The van der Waals surface area contributed by atoms with Crippen molar-refractivity contribution in [1.29, 1.82) is 0 Å². The number of hydrazone groups is 1. The lowest BCUT2D eigenvalue weighted by Gasteiger charge is -2.10. The fourth-order valence-corrected chi connectivity index (χ4v) is 1.75. The summed E-state index contributed by atoms with van der Waals surface area (Å²) in [5.74, 6) is 0.0251. The Morgan fingerprint density at radius 1 is 1.17 bits per heavy atom. The van der Waals surface area contributed by atoms with E-state index in [9.17, 15) is 9.59 Å². The maximum absolute atomic E-state index is 11.6. The Kier molecular flexibility index (Phi) is 8.32. The number of nitrogens with one attached hydrogen (secondary N) is 2. The van der Waals surface area contributed by atoms with E-state index in [4.69, 9.17) is 9.47 Å². The minimum atomic E-state index is -0.809. The molecule has 2 N–H and O–H groups in total. The highest BCUT2D eigenvalue weighted by molar-refractivity contribution is 6.35. The van der Waals surface area contributed by atoms with Gasteiger partial charge in [0, 0.05) is 18.2 Å². The van der Waals surface area contributed by atoms with E-state index in [-0.39, 0.29) is 5.92 Å². The fraction of sp³-hybridized carbons (Fsp3) is 0.471. The van der Waals surface area contributed by atoms with Crippen LogP contribution in [0.3, 0.4) is 0 Å². The summed E-state index contributed by atoms with van der Waals surface area (Å²) in [6.07, 6.45) is 1.42. The Morgan fingerprint density at radius 2 is 1.88 bits per heavy atom. The first-order valence-electron chi connectivity index (χ1n) is 7.98. The molecule has 7 heteroatoms. The molecule has 24 heavy (non-hydrogen) atoms. The summed E-state index contributed by atoms with van der Waals surface area (Å²) in [5.41, 5.74) is 2.87. The van der Waals surface area contributed by atoms with Gasteiger partial charge < -0.3 is 14.8 Å². The summed E-state index contributed by atoms with van der Waals surface area (Å²) in [5, 5.41) is 6.32. The van der Waals surface area contributed by atoms with E-state index in [0.717, 1.165) is 0 Å². The lowest BCUT2D eigenvalue weighted by molar-refractivity contribution is -0.139. The van der Waals surface area contributed by atoms with Crippen molar-refractivity contribution in [2.45, 2.75) is 27.7 Å². The molecule has 7 nitrogen and oxygen atoms in total. The zero-order valence-electron chi connectivity index (χ0n) is 14.6. The molecule has 0 fully saturated rings. The number of hydrogen-bond donors (Lipinski definition) is 2. The first-order chi connectivity index (χ1) is 11.5. The quantitative estimate of drug-likeness (QED) is 0.430. The van der Waals surface area contributed by atoms with Gasteiger partial charge in [-0.15, -0.1) is 0 Å². The van der Waals surface area contributed by atoms with Crippen LogP contribution < -0.4 is 20.2 Å². The molecular formula is C17H25N3O4. The average Bonchev–Trinajstić information content (AvgIpc) is 2.54. The van der Waals surface area contributed by atoms with E-state index in [0.29, 0.717) is 36.8 Å². The molecule has 1 aromatic carbocycles. The molecule has 2 amide bonds. The summed E-state index contributed by atoms with van der Waals surface area (Å²) in [7, 11) is 0. The number of hydrogen-bond acceptors (Lipinski definition) is 5. The van der Waals surface area contributed by atoms with Gasteiger partial charge in [-0.3, -0.25) is 9.59 Å². The van der Waals surface area contributed by atoms with Crippen LogP contribution in [0.15, 0.2) is 23.3 Å². The predicted molar refractivity (Wildman–Crippen MR) is 92.4 cm³/mol. The number of benzene rings is 1. The zero-order valence-corrected chi connectivity index (χ0v) is 14.6. The molecule has 0 aliphatic carbocycles. The molecule has 0 aromatic heterocycles. The van der Waals surface area contributed by atoms with Crippen molar-refractivity contribution in [2.24, 2.45) is 11.0 Å². The minimum Gasteiger partial charge on any atom is -0.494 e. The third kappa shape index (κ3) is 6.68. The SMILES string of the molecule is CCOc1ccc(/C=N\NC(=O)C(=O)NCC(C)C)c(OCC)c1. The molecule has 0 unspecified atom stereocenters. The Morgan fingerprint density at radius 3 is 2.50 bits per heavy atom. The van der Waals surface area contributed by atoms with Gasteiger partial charge in [-0.2, -0.15) is 5.10 Å². The van der Waals surface area contributed by atoms with Crippen molar-refractivity contribution in [3.05, 3.63) is 23.8 Å². The van der Waals surface area contributed by atoms with Crippen molar-refractivity contribution >= 4 is 18.0 Å². The molecule has 0 heterocycles. The van der Waals surface area contributed by atoms with Crippen LogP contribution in [0, 0.1) is 5.92 Å². The zero-order chi connectivity index (χ0) is 17.9. The molecule has 0 atom stereocenters. The van der Waals surface area contributed by atoms with Gasteiger partial charge in [-0.25, -0.2) is 5.43 Å². The summed E-state index contributed by atoms with van der Waals surface area (Å²) in [4.78, 5) is 23.1. The van der Waals surface area contributed by atoms with Gasteiger partial charge in [0.15, 0.2) is 0 Å². The van der Waals surface area contributed by atoms with Crippen molar-refractivity contribution in [3.63, 3.8) is 0 Å². The first-order valence-corrected chi connectivity index (χ1v) is 7.98. The molecule has 0 radical (unpaired) electrons. The van der Waals surface area contributed by atoms with E-state index < -0.39 is 11.8 Å². The van der Waals surface area contributed by atoms with Gasteiger partial charge in [-0.1, -0.05) is 13.8 Å². The van der Waals surface area contributed by atoms with Gasteiger partial charge in [0.05, 0.1) is 19.4 Å². The smallest absolute Gasteiger partial charge is 0.329 e. The predicted octanol–water partition coefficient (Wildman–Crippen LogP) is 1.71. The maximum Gasteiger partial charge on any atom is 0.329 e. The lowest BCUT2D eigenvalue weighted by atomic mass is 10.2. The number of carbonyl (C=O) groups is 2. The lowest BCUT2D eigenvalue weighted by Crippen LogP contribution is -2.39. The third-order valence-corrected chi connectivity index (χ3v) is 2.84. The highest BCUT2D eigenvalue weighted by Crippen LogP contribution is 2.23. The van der Waals surface area contributed by atoms with Gasteiger partial charge >= 0.3 is 11.8 Å². The molecular weight excluding hydrogens is 310 g/mol. The molecule has 0 saturated heterocycles. The maximum atomic E-state index is 11.6. The van der Waals surface area contributed by atoms with Gasteiger partial charge in [0.2, 0.25) is 0 Å². The standard InChI is InChI=1S/C17H25N3O4/c1-5-23-14-8-7-13(15(9-14)24-6-2)11-19-20-17(22)16(21)18-10-12(3)4/h7-9,11-12H,5-6,10H2,1-4H3,(H,18,21)(H,20,22)/b19-11-. The van der Waals surface area contributed by atoms with E-state index >= 15 is 0 Å². The number of ether oxygens (including phenoxy) is 2. The van der Waals surface area contributed by atoms with E-state index in [1.165, 1.54) is 6.21 Å². The molecule has 1 rings (SSSR count). The van der Waals surface area contributed by atoms with Crippen molar-refractivity contribution < 1.29 is 19.1 Å². The Balaban J connectivity index is 2.68. The van der Waals surface area contributed by atoms with Crippen molar-refractivity contribution in [2.75, 3.05) is 19.8 Å². The van der Waals surface area contributed by atoms with Crippen LogP contribution in [0.25, 0.3) is 0 Å². The van der Waals surface area contributed by atoms with Gasteiger partial charge in [-0.05, 0) is 31.9 Å². The molecule has 132 valence electrons. The fourth-order valence-electron chi connectivity index (χ4n) is 1.75. The summed E-state index contributed by atoms with van der Waals surface area (Å²) in [6, 6.07) is 5.31. The van der Waals surface area contributed by atoms with Gasteiger partial charge in [0.1, 0.15) is 11.5 Å². The number of nitrogens with zero attached hydrogens (tertiary/aromatic N) is 1. The largest absolute Gasteiger partial charge is 0.494 e. The summed E-state index contributed by atoms with van der Waals surface area (Å²) in [6.45, 7) is 9.13. The Labute approximate surface area is 142 Å². The second-order valence-corrected chi connectivity index (χ2v) is 5.37. The summed E-state index contributed by atoms with van der Waals surface area (Å²) >= 11 is 0. The Bertz CT molecular complexity index is 585. The molecule has 0 saturated carbocycles. The van der Waals surface area contributed by atoms with Crippen LogP contribution in [0.5, 0.6) is 11.5 Å². The second-order valence-electron chi connectivity index (χ2n) is 5.37. The minimum absolute atomic E-state index is 0.267. The van der Waals surface area contributed by atoms with Crippen molar-refractivity contribution in [3.8, 4) is 11.5 Å². The Hall–Kier alpha value is -2.57. The van der Waals surface area contributed by atoms with Crippen molar-refractivity contribution in [1.82, 2.24) is 10.7 Å². The second kappa shape index (κ2) is 10.3. The molecule has 0 spiro atoms. The van der Waals surface area contributed by atoms with Crippen LogP contribution in [0.2, 0.25) is 0 Å².